The molecule has 0 aliphatic carbocycles. The van der Waals surface area contributed by atoms with E-state index in [9.17, 15) is 4.79 Å². The van der Waals surface area contributed by atoms with Gasteiger partial charge >= 0.3 is 0 Å². The molecular weight excluding hydrogens is 352 g/mol. The van der Waals surface area contributed by atoms with Gasteiger partial charge in [-0.1, -0.05) is 31.9 Å². The van der Waals surface area contributed by atoms with Crippen LogP contribution in [0.1, 0.15) is 53.1 Å². The van der Waals surface area contributed by atoms with Crippen molar-refractivity contribution in [2.24, 2.45) is 0 Å². The summed E-state index contributed by atoms with van der Waals surface area (Å²) in [4.78, 5) is 17.4. The van der Waals surface area contributed by atoms with Gasteiger partial charge in [0.25, 0.3) is 0 Å². The second-order valence-corrected chi connectivity index (χ2v) is 8.31. The van der Waals surface area contributed by atoms with Crippen molar-refractivity contribution < 1.29 is 4.79 Å². The van der Waals surface area contributed by atoms with Crippen LogP contribution in [0, 0.1) is 6.92 Å². The van der Waals surface area contributed by atoms with E-state index < -0.39 is 0 Å². The number of nitrogens with zero attached hydrogens (tertiary/aromatic N) is 1. The highest BCUT2D eigenvalue weighted by Crippen LogP contribution is 2.43. The second-order valence-electron chi connectivity index (χ2n) is 6.75. The van der Waals surface area contributed by atoms with Crippen LogP contribution >= 0.6 is 22.9 Å². The molecule has 2 atom stereocenters. The Morgan fingerprint density at radius 1 is 1.36 bits per heavy atom. The Morgan fingerprint density at radius 3 is 2.72 bits per heavy atom. The van der Waals surface area contributed by atoms with Crippen LogP contribution in [0.4, 0.5) is 5.69 Å². The van der Waals surface area contributed by atoms with E-state index in [-0.39, 0.29) is 23.9 Å². The standard InChI is InChI=1S/C20H25ClN2OS/c1-3-4-5-17-11-15-10-13(2)25-20(15)19(23(17)18(24)12-21)14-6-8-16(22)9-7-14/h6-10,17,19H,3-5,11-12,22H2,1-2H3/t17-,19-/m0/s1. The molecule has 25 heavy (non-hydrogen) atoms. The smallest absolute Gasteiger partial charge is 0.238 e. The zero-order chi connectivity index (χ0) is 18.0. The number of hydrogen-bond donors (Lipinski definition) is 1. The van der Waals surface area contributed by atoms with Crippen molar-refractivity contribution in [3.63, 3.8) is 0 Å². The third-order valence-corrected chi connectivity index (χ3v) is 6.26. The van der Waals surface area contributed by atoms with Crippen molar-refractivity contribution in [2.75, 3.05) is 11.6 Å². The van der Waals surface area contributed by atoms with Gasteiger partial charge in [-0.15, -0.1) is 22.9 Å². The number of carbonyl (C=O) groups is 1. The largest absolute Gasteiger partial charge is 0.399 e. The summed E-state index contributed by atoms with van der Waals surface area (Å²) in [5.41, 5.74) is 9.09. The molecule has 5 heteroatoms. The Hall–Kier alpha value is -1.52. The molecular formula is C20H25ClN2OS. The zero-order valence-corrected chi connectivity index (χ0v) is 16.4. The van der Waals surface area contributed by atoms with Crippen LogP contribution in [0.15, 0.2) is 30.3 Å². The molecule has 0 radical (unpaired) electrons. The predicted molar refractivity (Wildman–Crippen MR) is 106 cm³/mol. The minimum Gasteiger partial charge on any atom is -0.399 e. The van der Waals surface area contributed by atoms with E-state index in [1.54, 1.807) is 11.3 Å². The summed E-state index contributed by atoms with van der Waals surface area (Å²) < 4.78 is 0. The Kier molecular flexibility index (Phi) is 5.70. The molecule has 2 heterocycles. The number of nitrogen functional groups attached to an aromatic ring is 1. The van der Waals surface area contributed by atoms with Crippen LogP contribution < -0.4 is 5.73 Å². The number of unbranched alkanes of at least 4 members (excludes halogenated alkanes) is 1. The fourth-order valence-corrected chi connectivity index (χ4v) is 5.07. The molecule has 2 N–H and O–H groups in total. The molecule has 0 spiro atoms. The van der Waals surface area contributed by atoms with E-state index in [1.165, 1.54) is 15.3 Å². The van der Waals surface area contributed by atoms with Gasteiger partial charge in [-0.3, -0.25) is 4.79 Å². The summed E-state index contributed by atoms with van der Waals surface area (Å²) in [6.45, 7) is 4.33. The van der Waals surface area contributed by atoms with Crippen LogP contribution in [0.2, 0.25) is 0 Å². The molecule has 1 aromatic heterocycles. The number of benzene rings is 1. The predicted octanol–water partition coefficient (Wildman–Crippen LogP) is 4.91. The quantitative estimate of drug-likeness (QED) is 0.595. The molecule has 1 aliphatic rings. The van der Waals surface area contributed by atoms with Crippen LogP contribution in [0.25, 0.3) is 0 Å². The number of hydrogen-bond acceptors (Lipinski definition) is 3. The summed E-state index contributed by atoms with van der Waals surface area (Å²) in [7, 11) is 0. The Bertz CT molecular complexity index is 741. The van der Waals surface area contributed by atoms with Crippen LogP contribution in [0.3, 0.4) is 0 Å². The summed E-state index contributed by atoms with van der Waals surface area (Å²) in [6, 6.07) is 10.3. The maximum atomic E-state index is 12.8. The Morgan fingerprint density at radius 2 is 2.08 bits per heavy atom. The first-order chi connectivity index (χ1) is 12.0. The fraction of sp³-hybridized carbons (Fsp3) is 0.450. The third kappa shape index (κ3) is 3.70. The number of thiophene rings is 1. The topological polar surface area (TPSA) is 46.3 Å². The molecule has 2 aromatic rings. The molecule has 1 aliphatic heterocycles. The van der Waals surface area contributed by atoms with E-state index in [4.69, 9.17) is 17.3 Å². The van der Waals surface area contributed by atoms with Gasteiger partial charge < -0.3 is 10.6 Å². The normalized spacial score (nSPS) is 19.7. The van der Waals surface area contributed by atoms with Gasteiger partial charge in [0.05, 0.1) is 6.04 Å². The van der Waals surface area contributed by atoms with E-state index in [0.717, 1.165) is 36.9 Å². The minimum atomic E-state index is -0.0591. The van der Waals surface area contributed by atoms with Crippen molar-refractivity contribution in [3.8, 4) is 0 Å². The second kappa shape index (κ2) is 7.79. The van der Waals surface area contributed by atoms with Gasteiger partial charge in [-0.2, -0.15) is 0 Å². The number of halogens is 1. The summed E-state index contributed by atoms with van der Waals surface area (Å²) in [5, 5.41) is 0. The summed E-state index contributed by atoms with van der Waals surface area (Å²) in [5.74, 6) is 0.0367. The molecule has 3 nitrogen and oxygen atoms in total. The minimum absolute atomic E-state index is 0.0151. The van der Waals surface area contributed by atoms with E-state index in [1.807, 2.05) is 29.2 Å². The van der Waals surface area contributed by atoms with Crippen LogP contribution in [-0.2, 0) is 11.2 Å². The summed E-state index contributed by atoms with van der Waals surface area (Å²) in [6.07, 6.45) is 4.18. The van der Waals surface area contributed by atoms with E-state index >= 15 is 0 Å². The molecule has 0 bridgehead atoms. The van der Waals surface area contributed by atoms with E-state index in [2.05, 4.69) is 19.9 Å². The lowest BCUT2D eigenvalue weighted by atomic mass is 9.88. The van der Waals surface area contributed by atoms with Crippen molar-refractivity contribution in [2.45, 2.75) is 51.6 Å². The highest BCUT2D eigenvalue weighted by atomic mass is 35.5. The lowest BCUT2D eigenvalue weighted by molar-refractivity contribution is -0.133. The first-order valence-electron chi connectivity index (χ1n) is 8.87. The molecule has 0 fully saturated rings. The van der Waals surface area contributed by atoms with Gasteiger partial charge in [-0.05, 0) is 49.1 Å². The van der Waals surface area contributed by atoms with Crippen LogP contribution in [-0.4, -0.2) is 22.7 Å². The Labute approximate surface area is 158 Å². The van der Waals surface area contributed by atoms with Crippen molar-refractivity contribution in [1.29, 1.82) is 0 Å². The highest BCUT2D eigenvalue weighted by Gasteiger charge is 2.38. The number of alkyl halides is 1. The molecule has 3 rings (SSSR count). The third-order valence-electron chi connectivity index (χ3n) is 4.89. The number of anilines is 1. The number of nitrogens with two attached hydrogens (primary N) is 1. The van der Waals surface area contributed by atoms with E-state index in [0.29, 0.717) is 0 Å². The SMILES string of the molecule is CCCC[C@H]1Cc2cc(C)sc2[C@H](c2ccc(N)cc2)N1C(=O)CCl. The molecule has 1 amide bonds. The average Bonchev–Trinajstić information content (AvgIpc) is 2.98. The number of amides is 1. The van der Waals surface area contributed by atoms with Gasteiger partial charge in [-0.25, -0.2) is 0 Å². The molecule has 0 saturated carbocycles. The zero-order valence-electron chi connectivity index (χ0n) is 14.8. The van der Waals surface area contributed by atoms with Crippen molar-refractivity contribution >= 4 is 34.5 Å². The molecule has 0 saturated heterocycles. The monoisotopic (exact) mass is 376 g/mol. The number of fused-ring (bicyclic) bond motifs is 1. The molecule has 0 unspecified atom stereocenters. The lowest BCUT2D eigenvalue weighted by Gasteiger charge is -2.42. The number of carbonyl (C=O) groups excluding carboxylic acids is 1. The van der Waals surface area contributed by atoms with Crippen molar-refractivity contribution in [1.82, 2.24) is 4.90 Å². The maximum Gasteiger partial charge on any atom is 0.238 e. The first-order valence-corrected chi connectivity index (χ1v) is 10.2. The van der Waals surface area contributed by atoms with Gasteiger partial charge in [0.15, 0.2) is 0 Å². The van der Waals surface area contributed by atoms with Gasteiger partial charge in [0.2, 0.25) is 5.91 Å². The lowest BCUT2D eigenvalue weighted by Crippen LogP contribution is -2.47. The van der Waals surface area contributed by atoms with Gasteiger partial charge in [0, 0.05) is 21.5 Å². The van der Waals surface area contributed by atoms with Crippen LogP contribution in [0.5, 0.6) is 0 Å². The van der Waals surface area contributed by atoms with Crippen molar-refractivity contribution in [3.05, 3.63) is 51.2 Å². The Balaban J connectivity index is 2.09. The average molecular weight is 377 g/mol. The fourth-order valence-electron chi connectivity index (χ4n) is 3.75. The maximum absolute atomic E-state index is 12.8. The molecule has 134 valence electrons. The van der Waals surface area contributed by atoms with Gasteiger partial charge in [0.1, 0.15) is 5.88 Å². The first kappa shape index (κ1) is 18.3. The number of aryl methyl sites for hydroxylation is 1. The number of rotatable bonds is 5. The summed E-state index contributed by atoms with van der Waals surface area (Å²) >= 11 is 7.77. The molecule has 1 aromatic carbocycles. The highest BCUT2D eigenvalue weighted by molar-refractivity contribution is 7.12.